The predicted octanol–water partition coefficient (Wildman–Crippen LogP) is 3.31. The van der Waals surface area contributed by atoms with Crippen molar-refractivity contribution in [2.75, 3.05) is 26.2 Å². The van der Waals surface area contributed by atoms with E-state index >= 15 is 0 Å². The van der Waals surface area contributed by atoms with Gasteiger partial charge >= 0.3 is 0 Å². The molecule has 1 N–H and O–H groups in total. The molecule has 4 rings (SSSR count). The van der Waals surface area contributed by atoms with E-state index in [1.165, 1.54) is 12.1 Å². The van der Waals surface area contributed by atoms with Crippen LogP contribution >= 0.6 is 0 Å². The van der Waals surface area contributed by atoms with E-state index in [1.807, 2.05) is 12.1 Å². The zero-order chi connectivity index (χ0) is 19.7. The number of nitrogens with zero attached hydrogens (tertiary/aromatic N) is 2. The Labute approximate surface area is 164 Å². The third kappa shape index (κ3) is 3.54. The van der Waals surface area contributed by atoms with Gasteiger partial charge in [0.05, 0.1) is 5.66 Å². The number of rotatable bonds is 3. The van der Waals surface area contributed by atoms with Gasteiger partial charge < -0.3 is 4.90 Å². The van der Waals surface area contributed by atoms with Crippen LogP contribution in [0.5, 0.6) is 0 Å². The number of benzene rings is 2. The van der Waals surface area contributed by atoms with Crippen LogP contribution in [-0.4, -0.2) is 47.5 Å². The van der Waals surface area contributed by atoms with Crippen LogP contribution in [0.1, 0.15) is 34.3 Å². The summed E-state index contributed by atoms with van der Waals surface area (Å²) < 4.78 is 27.9. The Morgan fingerprint density at radius 3 is 2.54 bits per heavy atom. The average molecular weight is 385 g/mol. The highest BCUT2D eigenvalue weighted by molar-refractivity contribution is 5.94. The highest BCUT2D eigenvalue weighted by Gasteiger charge is 2.43. The highest BCUT2D eigenvalue weighted by atomic mass is 19.1. The molecule has 28 heavy (non-hydrogen) atoms. The molecule has 0 aliphatic carbocycles. The minimum atomic E-state index is -0.354. The van der Waals surface area contributed by atoms with Gasteiger partial charge in [-0.3, -0.25) is 15.0 Å². The molecule has 4 nitrogen and oxygen atoms in total. The molecule has 148 valence electrons. The number of amides is 1. The summed E-state index contributed by atoms with van der Waals surface area (Å²) in [5.41, 5.74) is 1.41. The summed E-state index contributed by atoms with van der Waals surface area (Å²) in [6, 6.07) is 11.5. The molecule has 6 heteroatoms. The van der Waals surface area contributed by atoms with Crippen LogP contribution in [0.4, 0.5) is 8.78 Å². The van der Waals surface area contributed by atoms with Gasteiger partial charge in [0.25, 0.3) is 5.91 Å². The fourth-order valence-electron chi connectivity index (χ4n) is 4.29. The largest absolute Gasteiger partial charge is 0.338 e. The van der Waals surface area contributed by atoms with Crippen molar-refractivity contribution < 1.29 is 13.6 Å². The molecule has 2 fully saturated rings. The first-order chi connectivity index (χ1) is 13.5. The second-order valence-electron chi connectivity index (χ2n) is 7.73. The zero-order valence-corrected chi connectivity index (χ0v) is 16.0. The topological polar surface area (TPSA) is 35.6 Å². The molecule has 2 aromatic carbocycles. The summed E-state index contributed by atoms with van der Waals surface area (Å²) in [6.45, 7) is 5.13. The predicted molar refractivity (Wildman–Crippen MR) is 104 cm³/mol. The van der Waals surface area contributed by atoms with Gasteiger partial charge in [0.1, 0.15) is 11.6 Å². The van der Waals surface area contributed by atoms with Crippen molar-refractivity contribution >= 4 is 5.91 Å². The summed E-state index contributed by atoms with van der Waals surface area (Å²) in [4.78, 5) is 16.8. The van der Waals surface area contributed by atoms with Crippen molar-refractivity contribution in [2.45, 2.75) is 32.0 Å². The first-order valence-corrected chi connectivity index (χ1v) is 9.77. The van der Waals surface area contributed by atoms with Crippen LogP contribution < -0.4 is 5.32 Å². The Bertz CT molecular complexity index is 878. The number of halogens is 2. The lowest BCUT2D eigenvalue weighted by Crippen LogP contribution is -2.58. The lowest BCUT2D eigenvalue weighted by atomic mass is 9.94. The first kappa shape index (κ1) is 19.0. The Balaban J connectivity index is 1.44. The van der Waals surface area contributed by atoms with Gasteiger partial charge in [-0.1, -0.05) is 24.3 Å². The van der Waals surface area contributed by atoms with Crippen LogP contribution in [0, 0.1) is 18.6 Å². The van der Waals surface area contributed by atoms with Crippen molar-refractivity contribution in [1.82, 2.24) is 15.1 Å². The number of hydrogen-bond donors (Lipinski definition) is 1. The molecular weight excluding hydrogens is 360 g/mol. The van der Waals surface area contributed by atoms with Crippen LogP contribution in [0.15, 0.2) is 42.5 Å². The van der Waals surface area contributed by atoms with E-state index in [4.69, 9.17) is 0 Å². The minimum Gasteiger partial charge on any atom is -0.338 e. The molecule has 2 aliphatic heterocycles. The van der Waals surface area contributed by atoms with Gasteiger partial charge in [0.2, 0.25) is 0 Å². The Hall–Kier alpha value is -2.31. The molecule has 2 heterocycles. The van der Waals surface area contributed by atoms with Gasteiger partial charge in [-0.2, -0.15) is 0 Å². The van der Waals surface area contributed by atoms with Crippen molar-refractivity contribution in [3.8, 4) is 0 Å². The van der Waals surface area contributed by atoms with Crippen molar-refractivity contribution in [3.63, 3.8) is 0 Å². The lowest BCUT2D eigenvalue weighted by molar-refractivity contribution is 0.0285. The second-order valence-corrected chi connectivity index (χ2v) is 7.73. The smallest absolute Gasteiger partial charge is 0.253 e. The molecule has 0 aromatic heterocycles. The quantitative estimate of drug-likeness (QED) is 0.881. The summed E-state index contributed by atoms with van der Waals surface area (Å²) >= 11 is 0. The third-order valence-corrected chi connectivity index (χ3v) is 6.06. The van der Waals surface area contributed by atoms with E-state index in [-0.39, 0.29) is 23.2 Å². The lowest BCUT2D eigenvalue weighted by Gasteiger charge is -2.45. The molecule has 0 saturated carbocycles. The van der Waals surface area contributed by atoms with Gasteiger partial charge in [-0.15, -0.1) is 0 Å². The van der Waals surface area contributed by atoms with E-state index in [9.17, 15) is 13.6 Å². The normalized spacial score (nSPS) is 19.3. The maximum atomic E-state index is 14.1. The Kier molecular flexibility index (Phi) is 5.17. The number of hydrogen-bond acceptors (Lipinski definition) is 3. The van der Waals surface area contributed by atoms with Crippen molar-refractivity contribution in [3.05, 3.63) is 70.8 Å². The van der Waals surface area contributed by atoms with Gasteiger partial charge in [0.15, 0.2) is 0 Å². The number of carbonyl (C=O) groups is 1. The molecule has 2 saturated heterocycles. The Morgan fingerprint density at radius 2 is 1.82 bits per heavy atom. The third-order valence-electron chi connectivity index (χ3n) is 6.06. The summed E-state index contributed by atoms with van der Waals surface area (Å²) in [5.74, 6) is -0.668. The summed E-state index contributed by atoms with van der Waals surface area (Å²) in [5, 5.41) is 3.58. The van der Waals surface area contributed by atoms with Gasteiger partial charge in [-0.25, -0.2) is 8.78 Å². The minimum absolute atomic E-state index is 0.132. The van der Waals surface area contributed by atoms with E-state index < -0.39 is 0 Å². The number of piperidine rings is 1. The van der Waals surface area contributed by atoms with Gasteiger partial charge in [0, 0.05) is 43.9 Å². The maximum Gasteiger partial charge on any atom is 0.253 e. The van der Waals surface area contributed by atoms with Crippen molar-refractivity contribution in [2.24, 2.45) is 0 Å². The summed E-state index contributed by atoms with van der Waals surface area (Å²) in [7, 11) is 0. The fourth-order valence-corrected chi connectivity index (χ4v) is 4.29. The number of aryl methyl sites for hydroxylation is 1. The molecule has 0 atom stereocenters. The average Bonchev–Trinajstić information content (AvgIpc) is 3.07. The van der Waals surface area contributed by atoms with Gasteiger partial charge in [-0.05, 0) is 43.5 Å². The SMILES string of the molecule is Cc1ccc(C(=O)N2CCC3(CC2)NCCN3Cc2ccccc2F)cc1F. The standard InChI is InChI=1S/C22H25F2N3O/c1-16-6-7-17(14-20(16)24)21(28)26-11-8-22(9-12-26)25-10-13-27(22)15-18-4-2-3-5-19(18)23/h2-7,14,25H,8-13,15H2,1H3. The van der Waals surface area contributed by atoms with E-state index in [2.05, 4.69) is 10.2 Å². The monoisotopic (exact) mass is 385 g/mol. The van der Waals surface area contributed by atoms with Crippen LogP contribution in [0.2, 0.25) is 0 Å². The molecule has 0 unspecified atom stereocenters. The maximum absolute atomic E-state index is 14.1. The van der Waals surface area contributed by atoms with Crippen LogP contribution in [-0.2, 0) is 6.54 Å². The molecular formula is C22H25F2N3O. The second kappa shape index (κ2) is 7.60. The molecule has 2 aromatic rings. The fraction of sp³-hybridized carbons (Fsp3) is 0.409. The molecule has 1 spiro atoms. The molecule has 0 radical (unpaired) electrons. The van der Waals surface area contributed by atoms with E-state index in [1.54, 1.807) is 30.0 Å². The molecule has 0 bridgehead atoms. The summed E-state index contributed by atoms with van der Waals surface area (Å²) in [6.07, 6.45) is 1.53. The molecule has 1 amide bonds. The zero-order valence-electron chi connectivity index (χ0n) is 16.0. The van der Waals surface area contributed by atoms with Crippen LogP contribution in [0.3, 0.4) is 0 Å². The van der Waals surface area contributed by atoms with E-state index in [0.717, 1.165) is 25.9 Å². The molecule has 2 aliphatic rings. The van der Waals surface area contributed by atoms with E-state index in [0.29, 0.717) is 36.3 Å². The number of nitrogens with one attached hydrogen (secondary N) is 1. The van der Waals surface area contributed by atoms with Crippen molar-refractivity contribution in [1.29, 1.82) is 0 Å². The highest BCUT2D eigenvalue weighted by Crippen LogP contribution is 2.32. The Morgan fingerprint density at radius 1 is 1.07 bits per heavy atom. The number of likely N-dealkylation sites (tertiary alicyclic amines) is 1. The number of carbonyl (C=O) groups excluding carboxylic acids is 1. The first-order valence-electron chi connectivity index (χ1n) is 9.77. The van der Waals surface area contributed by atoms with Crippen LogP contribution in [0.25, 0.3) is 0 Å².